The summed E-state index contributed by atoms with van der Waals surface area (Å²) < 4.78 is 5.35. The Morgan fingerprint density at radius 2 is 1.74 bits per heavy atom. The fourth-order valence-electron chi connectivity index (χ4n) is 1.99. The van der Waals surface area contributed by atoms with Gasteiger partial charge in [0.2, 0.25) is 5.91 Å². The number of nitrogens with one attached hydrogen (secondary N) is 3. The van der Waals surface area contributed by atoms with E-state index >= 15 is 0 Å². The Labute approximate surface area is 167 Å². The number of carbonyl (C=O) groups excluding carboxylic acids is 2. The van der Waals surface area contributed by atoms with E-state index in [0.717, 1.165) is 11.3 Å². The van der Waals surface area contributed by atoms with Gasteiger partial charge >= 0.3 is 0 Å². The van der Waals surface area contributed by atoms with Crippen molar-refractivity contribution in [1.29, 1.82) is 0 Å². The average Bonchev–Trinajstić information content (AvgIpc) is 2.66. The van der Waals surface area contributed by atoms with Gasteiger partial charge in [-0.3, -0.25) is 25.8 Å². The van der Waals surface area contributed by atoms with E-state index in [-0.39, 0.29) is 5.11 Å². The number of carbonyl (C=O) groups is 2. The van der Waals surface area contributed by atoms with Gasteiger partial charge in [-0.05, 0) is 67.2 Å². The van der Waals surface area contributed by atoms with Crippen molar-refractivity contribution in [2.75, 3.05) is 6.61 Å². The third kappa shape index (κ3) is 7.08. The van der Waals surface area contributed by atoms with E-state index in [1.165, 1.54) is 6.08 Å². The van der Waals surface area contributed by atoms with Crippen molar-refractivity contribution in [2.45, 2.75) is 6.92 Å². The number of hydrogen-bond donors (Lipinski definition) is 3. The first kappa shape index (κ1) is 20.4. The van der Waals surface area contributed by atoms with Crippen LogP contribution in [0.5, 0.6) is 5.75 Å². The molecule has 0 aliphatic rings. The van der Waals surface area contributed by atoms with Crippen LogP contribution in [0.3, 0.4) is 0 Å². The van der Waals surface area contributed by atoms with Gasteiger partial charge in [0.25, 0.3) is 5.91 Å². The Hall–Kier alpha value is -2.90. The molecule has 0 fully saturated rings. The van der Waals surface area contributed by atoms with Crippen LogP contribution >= 0.6 is 23.8 Å². The molecule has 2 aromatic rings. The number of rotatable bonds is 5. The van der Waals surface area contributed by atoms with Crippen molar-refractivity contribution in [1.82, 2.24) is 16.2 Å². The Morgan fingerprint density at radius 1 is 1.07 bits per heavy atom. The molecule has 2 aromatic carbocycles. The molecule has 3 N–H and O–H groups in total. The van der Waals surface area contributed by atoms with Gasteiger partial charge in [0, 0.05) is 16.7 Å². The highest BCUT2D eigenvalue weighted by molar-refractivity contribution is 7.80. The Balaban J connectivity index is 1.78. The van der Waals surface area contributed by atoms with Crippen molar-refractivity contribution in [3.8, 4) is 5.75 Å². The fraction of sp³-hybridized carbons (Fsp3) is 0.105. The highest BCUT2D eigenvalue weighted by atomic mass is 35.5. The molecular formula is C19H18ClN3O3S. The molecule has 0 atom stereocenters. The maximum Gasteiger partial charge on any atom is 0.269 e. The molecule has 0 aliphatic heterocycles. The van der Waals surface area contributed by atoms with Crippen LogP contribution in [0.4, 0.5) is 0 Å². The van der Waals surface area contributed by atoms with E-state index in [1.54, 1.807) is 30.3 Å². The number of halogens is 1. The molecule has 0 radical (unpaired) electrons. The average molecular weight is 404 g/mol. The predicted molar refractivity (Wildman–Crippen MR) is 109 cm³/mol. The molecule has 140 valence electrons. The number of amides is 2. The summed E-state index contributed by atoms with van der Waals surface area (Å²) in [4.78, 5) is 23.8. The van der Waals surface area contributed by atoms with E-state index in [0.29, 0.717) is 17.2 Å². The molecule has 0 aromatic heterocycles. The van der Waals surface area contributed by atoms with Gasteiger partial charge in [0.15, 0.2) is 5.11 Å². The van der Waals surface area contributed by atoms with Gasteiger partial charge < -0.3 is 4.74 Å². The van der Waals surface area contributed by atoms with Crippen LogP contribution in [0.1, 0.15) is 22.8 Å². The molecular weight excluding hydrogens is 386 g/mol. The van der Waals surface area contributed by atoms with E-state index < -0.39 is 11.8 Å². The molecule has 0 spiro atoms. The second-order valence-corrected chi connectivity index (χ2v) is 6.08. The quantitative estimate of drug-likeness (QED) is 0.406. The zero-order valence-electron chi connectivity index (χ0n) is 14.5. The van der Waals surface area contributed by atoms with Gasteiger partial charge in [0.1, 0.15) is 5.75 Å². The number of ether oxygens (including phenoxy) is 1. The minimum atomic E-state index is -0.429. The van der Waals surface area contributed by atoms with Crippen LogP contribution in [0.2, 0.25) is 5.02 Å². The zero-order valence-corrected chi connectivity index (χ0v) is 16.1. The highest BCUT2D eigenvalue weighted by Gasteiger charge is 2.06. The van der Waals surface area contributed by atoms with Gasteiger partial charge in [-0.25, -0.2) is 0 Å². The van der Waals surface area contributed by atoms with Gasteiger partial charge in [-0.1, -0.05) is 23.7 Å². The molecule has 2 rings (SSSR count). The van der Waals surface area contributed by atoms with Crippen LogP contribution < -0.4 is 20.9 Å². The number of benzene rings is 2. The van der Waals surface area contributed by atoms with Crippen molar-refractivity contribution >= 4 is 46.8 Å². The Bertz CT molecular complexity index is 836. The third-order valence-corrected chi connectivity index (χ3v) is 3.71. The molecule has 6 nitrogen and oxygen atoms in total. The largest absolute Gasteiger partial charge is 0.494 e. The molecule has 0 bridgehead atoms. The Morgan fingerprint density at radius 3 is 2.37 bits per heavy atom. The predicted octanol–water partition coefficient (Wildman–Crippen LogP) is 3.09. The summed E-state index contributed by atoms with van der Waals surface area (Å²) in [7, 11) is 0. The number of hydrogen-bond acceptors (Lipinski definition) is 4. The number of hydrazine groups is 1. The third-order valence-electron chi connectivity index (χ3n) is 3.25. The van der Waals surface area contributed by atoms with E-state index in [2.05, 4.69) is 16.2 Å². The molecule has 0 saturated carbocycles. The molecule has 27 heavy (non-hydrogen) atoms. The van der Waals surface area contributed by atoms with E-state index in [9.17, 15) is 9.59 Å². The number of thiocarbonyl (C=S) groups is 1. The van der Waals surface area contributed by atoms with Crippen LogP contribution in [0.25, 0.3) is 6.08 Å². The van der Waals surface area contributed by atoms with Gasteiger partial charge in [-0.15, -0.1) is 0 Å². The fourth-order valence-corrected chi connectivity index (χ4v) is 2.26. The standard InChI is InChI=1S/C19H18ClN3O3S/c1-2-26-16-10-3-13(4-11-16)5-12-17(24)21-19(27)23-22-18(25)14-6-8-15(20)9-7-14/h3-12H,2H2,1H3,(H,22,25)(H2,21,23,24,27)/b12-5+. The first-order chi connectivity index (χ1) is 13.0. The summed E-state index contributed by atoms with van der Waals surface area (Å²) in [5.41, 5.74) is 6.09. The zero-order chi connectivity index (χ0) is 19.6. The first-order valence-electron chi connectivity index (χ1n) is 8.05. The normalized spacial score (nSPS) is 10.3. The molecule has 0 aliphatic carbocycles. The summed E-state index contributed by atoms with van der Waals surface area (Å²) >= 11 is 10.7. The van der Waals surface area contributed by atoms with E-state index in [1.807, 2.05) is 31.2 Å². The van der Waals surface area contributed by atoms with Crippen LogP contribution in [-0.4, -0.2) is 23.5 Å². The van der Waals surface area contributed by atoms with Crippen molar-refractivity contribution in [3.05, 3.63) is 70.8 Å². The second-order valence-electron chi connectivity index (χ2n) is 5.24. The van der Waals surface area contributed by atoms with Gasteiger partial charge in [0.05, 0.1) is 6.61 Å². The lowest BCUT2D eigenvalue weighted by Crippen LogP contribution is -2.48. The summed E-state index contributed by atoms with van der Waals surface area (Å²) in [5.74, 6) is -0.0729. The van der Waals surface area contributed by atoms with Crippen LogP contribution in [0, 0.1) is 0 Å². The van der Waals surface area contributed by atoms with Crippen molar-refractivity contribution in [3.63, 3.8) is 0 Å². The minimum absolute atomic E-state index is 0.0290. The smallest absolute Gasteiger partial charge is 0.269 e. The summed E-state index contributed by atoms with van der Waals surface area (Å²) in [6.45, 7) is 2.50. The van der Waals surface area contributed by atoms with Crippen molar-refractivity contribution < 1.29 is 14.3 Å². The second kappa shape index (κ2) is 10.3. The van der Waals surface area contributed by atoms with Gasteiger partial charge in [-0.2, -0.15) is 0 Å². The molecule has 0 heterocycles. The summed E-state index contributed by atoms with van der Waals surface area (Å²) in [6.07, 6.45) is 2.98. The lowest BCUT2D eigenvalue weighted by Gasteiger charge is -2.09. The molecule has 2 amide bonds. The van der Waals surface area contributed by atoms with Crippen LogP contribution in [-0.2, 0) is 4.79 Å². The first-order valence-corrected chi connectivity index (χ1v) is 8.84. The van der Waals surface area contributed by atoms with E-state index in [4.69, 9.17) is 28.6 Å². The Kier molecular flexibility index (Phi) is 7.79. The van der Waals surface area contributed by atoms with Crippen LogP contribution in [0.15, 0.2) is 54.6 Å². The molecule has 0 saturated heterocycles. The minimum Gasteiger partial charge on any atom is -0.494 e. The maximum absolute atomic E-state index is 11.9. The summed E-state index contributed by atoms with van der Waals surface area (Å²) in [6, 6.07) is 13.6. The monoisotopic (exact) mass is 403 g/mol. The SMILES string of the molecule is CCOc1ccc(/C=C/C(=O)NC(=S)NNC(=O)c2ccc(Cl)cc2)cc1. The topological polar surface area (TPSA) is 79.5 Å². The molecule has 8 heteroatoms. The highest BCUT2D eigenvalue weighted by Crippen LogP contribution is 2.13. The summed E-state index contributed by atoms with van der Waals surface area (Å²) in [5, 5.41) is 2.93. The van der Waals surface area contributed by atoms with Crippen molar-refractivity contribution in [2.24, 2.45) is 0 Å². The lowest BCUT2D eigenvalue weighted by atomic mass is 10.2. The lowest BCUT2D eigenvalue weighted by molar-refractivity contribution is -0.115. The molecule has 0 unspecified atom stereocenters. The maximum atomic E-state index is 11.9.